The summed E-state index contributed by atoms with van der Waals surface area (Å²) < 4.78 is 9.46. The molecule has 31 heavy (non-hydrogen) atoms. The number of amides is 2. The third kappa shape index (κ3) is 4.85. The molecule has 0 bridgehead atoms. The molecule has 1 saturated carbocycles. The number of aryl methyl sites for hydroxylation is 1. The molecular weight excluding hydrogens is 412 g/mol. The van der Waals surface area contributed by atoms with Gasteiger partial charge in [-0.05, 0) is 60.6 Å². The Morgan fingerprint density at radius 2 is 1.97 bits per heavy atom. The van der Waals surface area contributed by atoms with Gasteiger partial charge >= 0.3 is 0 Å². The van der Waals surface area contributed by atoms with Gasteiger partial charge in [0.15, 0.2) is 11.7 Å². The first-order valence-corrected chi connectivity index (χ1v) is 11.5. The van der Waals surface area contributed by atoms with Crippen molar-refractivity contribution in [1.82, 2.24) is 14.9 Å². The highest BCUT2D eigenvalue weighted by atomic mass is 32.1. The molecule has 162 valence electrons. The molecule has 1 aliphatic rings. The molecule has 1 atom stereocenters. The van der Waals surface area contributed by atoms with E-state index in [-0.39, 0.29) is 17.6 Å². The molecule has 0 aliphatic heterocycles. The van der Waals surface area contributed by atoms with E-state index >= 15 is 0 Å². The van der Waals surface area contributed by atoms with Crippen LogP contribution in [0.25, 0.3) is 0 Å². The summed E-state index contributed by atoms with van der Waals surface area (Å²) >= 11 is 1.10. The lowest BCUT2D eigenvalue weighted by Crippen LogP contribution is -2.47. The summed E-state index contributed by atoms with van der Waals surface area (Å²) in [5, 5.41) is 8.70. The van der Waals surface area contributed by atoms with Crippen molar-refractivity contribution in [2.45, 2.75) is 57.5 Å². The van der Waals surface area contributed by atoms with E-state index < -0.39 is 11.9 Å². The first-order chi connectivity index (χ1) is 15.2. The summed E-state index contributed by atoms with van der Waals surface area (Å²) in [6, 6.07) is 10.3. The molecule has 4 rings (SSSR count). The van der Waals surface area contributed by atoms with Gasteiger partial charge in [0.25, 0.3) is 11.8 Å². The molecule has 0 saturated heterocycles. The normalized spacial score (nSPS) is 15.4. The molecule has 1 aliphatic carbocycles. The van der Waals surface area contributed by atoms with Gasteiger partial charge < -0.3 is 9.73 Å². The molecule has 0 spiro atoms. The van der Waals surface area contributed by atoms with Crippen LogP contribution >= 0.6 is 11.5 Å². The van der Waals surface area contributed by atoms with Crippen molar-refractivity contribution in [2.24, 2.45) is 0 Å². The first kappa shape index (κ1) is 21.2. The molecule has 2 amide bonds. The van der Waals surface area contributed by atoms with Gasteiger partial charge in [-0.15, -0.1) is 5.10 Å². The van der Waals surface area contributed by atoms with E-state index in [2.05, 4.69) is 21.8 Å². The molecule has 8 heteroatoms. The van der Waals surface area contributed by atoms with E-state index in [1.54, 1.807) is 17.5 Å². The van der Waals surface area contributed by atoms with Crippen LogP contribution in [0, 0.1) is 0 Å². The zero-order valence-corrected chi connectivity index (χ0v) is 18.3. The van der Waals surface area contributed by atoms with Crippen molar-refractivity contribution in [1.29, 1.82) is 0 Å². The van der Waals surface area contributed by atoms with Crippen LogP contribution in [-0.2, 0) is 11.2 Å². The summed E-state index contributed by atoms with van der Waals surface area (Å²) in [5.74, 6) is -0.236. The summed E-state index contributed by atoms with van der Waals surface area (Å²) in [4.78, 5) is 28.5. The number of nitrogens with zero attached hydrogens (tertiary/aromatic N) is 3. The topological polar surface area (TPSA) is 88.3 Å². The fraction of sp³-hybridized carbons (Fsp3) is 0.391. The third-order valence-electron chi connectivity index (χ3n) is 5.69. The number of benzene rings is 1. The Morgan fingerprint density at radius 3 is 2.58 bits per heavy atom. The molecular formula is C23H26N4O3S. The van der Waals surface area contributed by atoms with Crippen LogP contribution in [0.5, 0.6) is 0 Å². The SMILES string of the molecule is CCc1ccc(N(C(=O)c2csnn2)[C@H](C(=O)NC2CCCCC2)c2ccco2)cc1. The maximum absolute atomic E-state index is 13.5. The van der Waals surface area contributed by atoms with Crippen LogP contribution in [0.4, 0.5) is 5.69 Å². The average molecular weight is 439 g/mol. The minimum atomic E-state index is -0.946. The molecule has 1 aromatic carbocycles. The van der Waals surface area contributed by atoms with Crippen molar-refractivity contribution in [3.8, 4) is 0 Å². The molecule has 1 fully saturated rings. The van der Waals surface area contributed by atoms with Crippen LogP contribution < -0.4 is 10.2 Å². The number of nitrogens with one attached hydrogen (secondary N) is 1. The summed E-state index contributed by atoms with van der Waals surface area (Å²) in [5.41, 5.74) is 1.95. The van der Waals surface area contributed by atoms with Crippen molar-refractivity contribution in [3.05, 3.63) is 65.1 Å². The van der Waals surface area contributed by atoms with Gasteiger partial charge in [-0.25, -0.2) is 0 Å². The van der Waals surface area contributed by atoms with E-state index in [1.165, 1.54) is 17.6 Å². The molecule has 3 aromatic rings. The number of carbonyl (C=O) groups is 2. The van der Waals surface area contributed by atoms with Crippen LogP contribution in [0.1, 0.15) is 66.9 Å². The Kier molecular flexibility index (Phi) is 6.76. The molecule has 0 radical (unpaired) electrons. The van der Waals surface area contributed by atoms with E-state index in [0.29, 0.717) is 11.4 Å². The monoisotopic (exact) mass is 438 g/mol. The molecule has 7 nitrogen and oxygen atoms in total. The highest BCUT2D eigenvalue weighted by Crippen LogP contribution is 2.31. The van der Waals surface area contributed by atoms with Crippen LogP contribution in [0.15, 0.2) is 52.5 Å². The Labute approximate surface area is 185 Å². The second kappa shape index (κ2) is 9.87. The number of anilines is 1. The van der Waals surface area contributed by atoms with Crippen molar-refractivity contribution in [2.75, 3.05) is 4.90 Å². The number of carbonyl (C=O) groups excluding carboxylic acids is 2. The zero-order valence-electron chi connectivity index (χ0n) is 17.5. The van der Waals surface area contributed by atoms with Gasteiger partial charge in [0.2, 0.25) is 0 Å². The number of hydrogen-bond donors (Lipinski definition) is 1. The fourth-order valence-corrected chi connectivity index (χ4v) is 4.43. The molecule has 2 aromatic heterocycles. The second-order valence-corrected chi connectivity index (χ2v) is 8.36. The maximum Gasteiger partial charge on any atom is 0.280 e. The average Bonchev–Trinajstić information content (AvgIpc) is 3.52. The van der Waals surface area contributed by atoms with Gasteiger partial charge in [-0.3, -0.25) is 14.5 Å². The summed E-state index contributed by atoms with van der Waals surface area (Å²) in [6.45, 7) is 2.07. The van der Waals surface area contributed by atoms with Gasteiger partial charge in [-0.1, -0.05) is 42.8 Å². The summed E-state index contributed by atoms with van der Waals surface area (Å²) in [6.07, 6.45) is 7.69. The standard InChI is InChI=1S/C23H26N4O3S/c1-2-16-10-12-18(13-11-16)27(23(29)19-15-31-26-25-19)21(20-9-6-14-30-20)22(28)24-17-7-4-3-5-8-17/h6,9-15,17,21H,2-5,7-8H2,1H3,(H,24,28)/t21-/m0/s1. The molecule has 1 N–H and O–H groups in total. The van der Waals surface area contributed by atoms with E-state index in [1.807, 2.05) is 24.3 Å². The van der Waals surface area contributed by atoms with E-state index in [4.69, 9.17) is 4.42 Å². The minimum Gasteiger partial charge on any atom is -0.467 e. The summed E-state index contributed by atoms with van der Waals surface area (Å²) in [7, 11) is 0. The van der Waals surface area contributed by atoms with E-state index in [9.17, 15) is 9.59 Å². The first-order valence-electron chi connectivity index (χ1n) is 10.7. The Hall–Kier alpha value is -3.00. The van der Waals surface area contributed by atoms with Gasteiger partial charge in [0, 0.05) is 17.1 Å². The fourth-order valence-electron chi connectivity index (χ4n) is 4.00. The Bertz CT molecular complexity index is 981. The highest BCUT2D eigenvalue weighted by molar-refractivity contribution is 7.03. The zero-order chi connectivity index (χ0) is 21.6. The number of furan rings is 1. The second-order valence-electron chi connectivity index (χ2n) is 7.75. The van der Waals surface area contributed by atoms with Gasteiger partial charge in [0.1, 0.15) is 5.76 Å². The largest absolute Gasteiger partial charge is 0.467 e. The van der Waals surface area contributed by atoms with Gasteiger partial charge in [-0.2, -0.15) is 0 Å². The van der Waals surface area contributed by atoms with Gasteiger partial charge in [0.05, 0.1) is 6.26 Å². The number of rotatable bonds is 7. The molecule has 2 heterocycles. The quantitative estimate of drug-likeness (QED) is 0.585. The lowest BCUT2D eigenvalue weighted by atomic mass is 9.95. The van der Waals surface area contributed by atoms with E-state index in [0.717, 1.165) is 49.2 Å². The van der Waals surface area contributed by atoms with Crippen LogP contribution in [0.2, 0.25) is 0 Å². The number of hydrogen-bond acceptors (Lipinski definition) is 6. The third-order valence-corrected chi connectivity index (χ3v) is 6.20. The smallest absolute Gasteiger partial charge is 0.280 e. The maximum atomic E-state index is 13.5. The lowest BCUT2D eigenvalue weighted by Gasteiger charge is -2.31. The lowest BCUT2D eigenvalue weighted by molar-refractivity contribution is -0.123. The minimum absolute atomic E-state index is 0.110. The Balaban J connectivity index is 1.73. The van der Waals surface area contributed by atoms with Crippen molar-refractivity contribution >= 4 is 29.0 Å². The Morgan fingerprint density at radius 1 is 1.19 bits per heavy atom. The number of aromatic nitrogens is 2. The van der Waals surface area contributed by atoms with Crippen LogP contribution in [-0.4, -0.2) is 27.4 Å². The highest BCUT2D eigenvalue weighted by Gasteiger charge is 2.37. The predicted octanol–water partition coefficient (Wildman–Crippen LogP) is 4.53. The van der Waals surface area contributed by atoms with Crippen molar-refractivity contribution in [3.63, 3.8) is 0 Å². The predicted molar refractivity (Wildman–Crippen MR) is 119 cm³/mol. The van der Waals surface area contributed by atoms with Crippen molar-refractivity contribution < 1.29 is 14.0 Å². The molecule has 0 unspecified atom stereocenters. The van der Waals surface area contributed by atoms with Crippen LogP contribution in [0.3, 0.4) is 0 Å².